The fourth-order valence-electron chi connectivity index (χ4n) is 2.90. The van der Waals surface area contributed by atoms with Crippen molar-refractivity contribution in [2.45, 2.75) is 53.1 Å². The van der Waals surface area contributed by atoms with Crippen molar-refractivity contribution in [3.05, 3.63) is 24.3 Å². The van der Waals surface area contributed by atoms with Crippen molar-refractivity contribution >= 4 is 11.6 Å². The van der Waals surface area contributed by atoms with Crippen LogP contribution in [0.2, 0.25) is 0 Å². The van der Waals surface area contributed by atoms with Crippen molar-refractivity contribution in [3.8, 4) is 5.75 Å². The summed E-state index contributed by atoms with van der Waals surface area (Å²) >= 11 is 0. The monoisotopic (exact) mass is 307 g/mol. The number of anilines is 1. The van der Waals surface area contributed by atoms with E-state index in [0.29, 0.717) is 17.5 Å². The van der Waals surface area contributed by atoms with Gasteiger partial charge in [0.05, 0.1) is 6.10 Å². The highest BCUT2D eigenvalue weighted by Crippen LogP contribution is 2.33. The number of benzene rings is 1. The van der Waals surface area contributed by atoms with Gasteiger partial charge in [0.1, 0.15) is 5.75 Å². The van der Waals surface area contributed by atoms with Crippen LogP contribution in [0.3, 0.4) is 0 Å². The molecule has 0 saturated heterocycles. The molecule has 1 amide bonds. The highest BCUT2D eigenvalue weighted by Gasteiger charge is 2.28. The van der Waals surface area contributed by atoms with E-state index in [1.807, 2.05) is 0 Å². The minimum absolute atomic E-state index is 0.0289. The highest BCUT2D eigenvalue weighted by molar-refractivity contribution is 5.88. The Balaban J connectivity index is 0.000000220. The standard InChI is InChI=1S/C10H20O.C8H9NO2/c1-7(2)9-5-4-8(3)6-10(9)11;1-6(10)9-7-2-4-8(11)5-3-7/h7-11H,4-6H2,1-3H3;2-5,11H,1H3,(H,9,10). The Labute approximate surface area is 133 Å². The van der Waals surface area contributed by atoms with E-state index in [2.05, 4.69) is 26.1 Å². The van der Waals surface area contributed by atoms with Gasteiger partial charge in [-0.15, -0.1) is 0 Å². The van der Waals surface area contributed by atoms with Crippen LogP contribution in [-0.4, -0.2) is 22.2 Å². The molecule has 0 aromatic heterocycles. The molecule has 1 aliphatic carbocycles. The summed E-state index contributed by atoms with van der Waals surface area (Å²) in [5, 5.41) is 21.2. The molecule has 1 fully saturated rings. The summed E-state index contributed by atoms with van der Waals surface area (Å²) < 4.78 is 0. The third-order valence-corrected chi connectivity index (χ3v) is 4.17. The predicted molar refractivity (Wildman–Crippen MR) is 89.8 cm³/mol. The number of hydrogen-bond acceptors (Lipinski definition) is 3. The van der Waals surface area contributed by atoms with Gasteiger partial charge in [0.25, 0.3) is 0 Å². The van der Waals surface area contributed by atoms with E-state index in [0.717, 1.165) is 12.3 Å². The Bertz CT molecular complexity index is 456. The first kappa shape index (κ1) is 18.5. The van der Waals surface area contributed by atoms with E-state index in [4.69, 9.17) is 5.11 Å². The van der Waals surface area contributed by atoms with Crippen LogP contribution in [0.5, 0.6) is 5.75 Å². The second-order valence-electron chi connectivity index (χ2n) is 6.62. The van der Waals surface area contributed by atoms with Crippen LogP contribution in [-0.2, 0) is 4.79 Å². The molecule has 3 atom stereocenters. The Morgan fingerprint density at radius 1 is 1.23 bits per heavy atom. The molecule has 0 radical (unpaired) electrons. The first-order valence-corrected chi connectivity index (χ1v) is 8.04. The fourth-order valence-corrected chi connectivity index (χ4v) is 2.90. The van der Waals surface area contributed by atoms with Crippen molar-refractivity contribution in [3.63, 3.8) is 0 Å². The largest absolute Gasteiger partial charge is 0.508 e. The van der Waals surface area contributed by atoms with Crippen molar-refractivity contribution < 1.29 is 15.0 Å². The van der Waals surface area contributed by atoms with Gasteiger partial charge in [-0.1, -0.05) is 27.2 Å². The first-order valence-electron chi connectivity index (χ1n) is 8.04. The number of phenolic OH excluding ortho intramolecular Hbond substituents is 1. The van der Waals surface area contributed by atoms with E-state index in [1.54, 1.807) is 12.1 Å². The predicted octanol–water partition coefficient (Wildman–Crippen LogP) is 3.79. The van der Waals surface area contributed by atoms with E-state index in [9.17, 15) is 9.90 Å². The lowest BCUT2D eigenvalue weighted by Crippen LogP contribution is -2.31. The van der Waals surface area contributed by atoms with Crippen molar-refractivity contribution in [2.75, 3.05) is 5.32 Å². The average Bonchev–Trinajstić information content (AvgIpc) is 2.41. The second kappa shape index (κ2) is 8.79. The number of aromatic hydroxyl groups is 1. The molecule has 1 aromatic rings. The molecule has 4 heteroatoms. The number of carbonyl (C=O) groups excluding carboxylic acids is 1. The van der Waals surface area contributed by atoms with Crippen LogP contribution >= 0.6 is 0 Å². The summed E-state index contributed by atoms with van der Waals surface area (Å²) in [6.45, 7) is 8.10. The number of nitrogens with one attached hydrogen (secondary N) is 1. The third-order valence-electron chi connectivity index (χ3n) is 4.17. The Kier molecular flexibility index (Phi) is 7.39. The number of aliphatic hydroxyl groups excluding tert-OH is 1. The van der Waals surface area contributed by atoms with Crippen LogP contribution in [0.1, 0.15) is 47.0 Å². The number of phenols is 1. The van der Waals surface area contributed by atoms with E-state index in [-0.39, 0.29) is 17.8 Å². The van der Waals surface area contributed by atoms with Crippen molar-refractivity contribution in [1.29, 1.82) is 0 Å². The van der Waals surface area contributed by atoms with Gasteiger partial charge in [-0.3, -0.25) is 4.79 Å². The van der Waals surface area contributed by atoms with Gasteiger partial charge in [0, 0.05) is 12.6 Å². The molecule has 2 rings (SSSR count). The third kappa shape index (κ3) is 6.48. The fraction of sp³-hybridized carbons (Fsp3) is 0.611. The zero-order valence-corrected chi connectivity index (χ0v) is 14.0. The van der Waals surface area contributed by atoms with E-state index in [1.165, 1.54) is 31.9 Å². The van der Waals surface area contributed by atoms with E-state index >= 15 is 0 Å². The van der Waals surface area contributed by atoms with Crippen LogP contribution in [0.15, 0.2) is 24.3 Å². The number of aliphatic hydroxyl groups is 1. The molecule has 124 valence electrons. The highest BCUT2D eigenvalue weighted by atomic mass is 16.3. The molecule has 1 aliphatic rings. The number of rotatable bonds is 2. The molecule has 1 saturated carbocycles. The average molecular weight is 307 g/mol. The second-order valence-corrected chi connectivity index (χ2v) is 6.62. The summed E-state index contributed by atoms with van der Waals surface area (Å²) in [6, 6.07) is 6.31. The molecule has 22 heavy (non-hydrogen) atoms. The smallest absolute Gasteiger partial charge is 0.221 e. The lowest BCUT2D eigenvalue weighted by atomic mass is 9.75. The summed E-state index contributed by atoms with van der Waals surface area (Å²) in [5.41, 5.74) is 0.690. The van der Waals surface area contributed by atoms with Gasteiger partial charge in [-0.25, -0.2) is 0 Å². The molecular formula is C18H29NO3. The molecule has 0 heterocycles. The van der Waals surface area contributed by atoms with Crippen LogP contribution < -0.4 is 5.32 Å². The van der Waals surface area contributed by atoms with Crippen molar-refractivity contribution in [1.82, 2.24) is 0 Å². The maximum absolute atomic E-state index is 10.5. The minimum Gasteiger partial charge on any atom is -0.508 e. The SMILES string of the molecule is CC(=O)Nc1ccc(O)cc1.CC1CCC(C(C)C)C(O)C1. The molecule has 4 nitrogen and oxygen atoms in total. The Hall–Kier alpha value is -1.55. The Morgan fingerprint density at radius 2 is 1.82 bits per heavy atom. The van der Waals surface area contributed by atoms with Gasteiger partial charge in [-0.05, 0) is 54.9 Å². The van der Waals surface area contributed by atoms with Gasteiger partial charge in [0.15, 0.2) is 0 Å². The molecule has 3 unspecified atom stereocenters. The first-order chi connectivity index (χ1) is 10.3. The van der Waals surface area contributed by atoms with Gasteiger partial charge < -0.3 is 15.5 Å². The summed E-state index contributed by atoms with van der Waals surface area (Å²) in [5.74, 6) is 2.03. The number of hydrogen-bond donors (Lipinski definition) is 3. The van der Waals surface area contributed by atoms with Crippen LogP contribution in [0.4, 0.5) is 5.69 Å². The lowest BCUT2D eigenvalue weighted by molar-refractivity contribution is -0.114. The minimum atomic E-state index is -0.115. The van der Waals surface area contributed by atoms with Gasteiger partial charge >= 0.3 is 0 Å². The molecule has 0 bridgehead atoms. The lowest BCUT2D eigenvalue weighted by Gasteiger charge is -2.33. The Morgan fingerprint density at radius 3 is 2.27 bits per heavy atom. The van der Waals surface area contributed by atoms with Crippen LogP contribution in [0, 0.1) is 17.8 Å². The number of carbonyl (C=O) groups is 1. The van der Waals surface area contributed by atoms with Gasteiger partial charge in [-0.2, -0.15) is 0 Å². The normalized spacial score (nSPS) is 24.4. The molecule has 0 aliphatic heterocycles. The van der Waals surface area contributed by atoms with E-state index < -0.39 is 0 Å². The maximum atomic E-state index is 10.5. The molecular weight excluding hydrogens is 278 g/mol. The molecule has 0 spiro atoms. The van der Waals surface area contributed by atoms with Crippen LogP contribution in [0.25, 0.3) is 0 Å². The molecule has 1 aromatic carbocycles. The zero-order valence-electron chi connectivity index (χ0n) is 14.0. The van der Waals surface area contributed by atoms with Gasteiger partial charge in [0.2, 0.25) is 5.91 Å². The summed E-state index contributed by atoms with van der Waals surface area (Å²) in [7, 11) is 0. The summed E-state index contributed by atoms with van der Waals surface area (Å²) in [6.07, 6.45) is 3.52. The molecule has 3 N–H and O–H groups in total. The maximum Gasteiger partial charge on any atom is 0.221 e. The quantitative estimate of drug-likeness (QED) is 0.728. The zero-order chi connectivity index (χ0) is 16.7. The number of amides is 1. The topological polar surface area (TPSA) is 69.6 Å². The summed E-state index contributed by atoms with van der Waals surface area (Å²) in [4.78, 5) is 10.5. The van der Waals surface area contributed by atoms with Crippen molar-refractivity contribution in [2.24, 2.45) is 17.8 Å².